The van der Waals surface area contributed by atoms with E-state index in [1.807, 2.05) is 19.1 Å². The van der Waals surface area contributed by atoms with Crippen molar-refractivity contribution in [1.29, 1.82) is 0 Å². The van der Waals surface area contributed by atoms with E-state index in [4.69, 9.17) is 30.5 Å². The van der Waals surface area contributed by atoms with Crippen LogP contribution in [0.2, 0.25) is 10.2 Å². The van der Waals surface area contributed by atoms with Gasteiger partial charge in [-0.1, -0.05) is 93.0 Å². The van der Waals surface area contributed by atoms with Crippen LogP contribution in [0.3, 0.4) is 0 Å². The van der Waals surface area contributed by atoms with Crippen LogP contribution in [0.15, 0.2) is 60.7 Å². The predicted molar refractivity (Wildman–Crippen MR) is 191 cm³/mol. The van der Waals surface area contributed by atoms with Gasteiger partial charge >= 0.3 is 6.01 Å². The van der Waals surface area contributed by atoms with Crippen molar-refractivity contribution < 1.29 is 22.7 Å². The molecule has 0 amide bonds. The summed E-state index contributed by atoms with van der Waals surface area (Å²) in [5.41, 5.74) is -0.409. The zero-order valence-electron chi connectivity index (χ0n) is 28.6. The summed E-state index contributed by atoms with van der Waals surface area (Å²) < 4.78 is 49.8. The third kappa shape index (κ3) is 6.06. The number of anilines is 1. The summed E-state index contributed by atoms with van der Waals surface area (Å²) in [4.78, 5) is 17.9. The Labute approximate surface area is 292 Å². The molecule has 7 rings (SSSR count). The molecule has 2 saturated heterocycles. The third-order valence-electron chi connectivity index (χ3n) is 10.6. The summed E-state index contributed by atoms with van der Waals surface area (Å²) in [6.07, 6.45) is 1.95. The molecule has 3 aliphatic rings. The van der Waals surface area contributed by atoms with Crippen LogP contribution in [0.4, 0.5) is 14.6 Å². The SMILES string of the molecule is CCN1c2nc(OC[C@@]34CCCN3C[C@H](F)C4)nc3c(F)c(Cl)nc(c23)OC[C@@H]1CCO[Si](c1ccccc1)(c1ccccc1)C(C)(C)C. The maximum absolute atomic E-state index is 15.6. The number of nitrogens with zero attached hydrogens (tertiary/aromatic N) is 5. The molecular formula is C37H44ClF2N5O3Si. The van der Waals surface area contributed by atoms with Crippen molar-refractivity contribution in [3.8, 4) is 11.9 Å². The zero-order valence-corrected chi connectivity index (χ0v) is 30.3. The minimum absolute atomic E-state index is 0.00627. The Morgan fingerprint density at radius 2 is 1.73 bits per heavy atom. The van der Waals surface area contributed by atoms with E-state index < -0.39 is 25.8 Å². The number of aromatic nitrogens is 3. The second-order valence-electron chi connectivity index (χ2n) is 14.5. The van der Waals surface area contributed by atoms with Crippen molar-refractivity contribution in [1.82, 2.24) is 19.9 Å². The first-order chi connectivity index (χ1) is 23.6. The molecule has 0 spiro atoms. The Morgan fingerprint density at radius 1 is 1.04 bits per heavy atom. The van der Waals surface area contributed by atoms with Crippen molar-refractivity contribution in [2.24, 2.45) is 0 Å². The Morgan fingerprint density at radius 3 is 2.39 bits per heavy atom. The standard InChI is InChI=1S/C37H44ClF2N5O3Si/c1-5-45-26(17-20-48-49(36(2,3)4,27-13-8-6-9-14-27)28-15-10-7-11-16-28)23-46-34-29-31(30(40)32(38)42-34)41-35(43-33(29)45)47-24-37-18-12-19-44(37)22-25(39)21-37/h6-11,13-16,25-26H,5,12,17-24H2,1-4H3/t25-,26+,37+/m1/s1. The maximum Gasteiger partial charge on any atom is 0.319 e. The van der Waals surface area contributed by atoms with Crippen molar-refractivity contribution in [3.63, 3.8) is 0 Å². The molecule has 3 atom stereocenters. The summed E-state index contributed by atoms with van der Waals surface area (Å²) >= 11 is 6.28. The van der Waals surface area contributed by atoms with Gasteiger partial charge in [-0.2, -0.15) is 15.0 Å². The van der Waals surface area contributed by atoms with Gasteiger partial charge < -0.3 is 18.8 Å². The summed E-state index contributed by atoms with van der Waals surface area (Å²) in [5.74, 6) is -0.0927. The first kappa shape index (κ1) is 34.1. The van der Waals surface area contributed by atoms with Gasteiger partial charge in [0.15, 0.2) is 11.0 Å². The molecule has 2 fully saturated rings. The Kier molecular flexibility index (Phi) is 9.31. The molecule has 0 aliphatic carbocycles. The number of ether oxygens (including phenoxy) is 2. The number of pyridine rings is 1. The predicted octanol–water partition coefficient (Wildman–Crippen LogP) is 6.33. The topological polar surface area (TPSA) is 72.8 Å². The van der Waals surface area contributed by atoms with Gasteiger partial charge in [-0.3, -0.25) is 4.90 Å². The lowest BCUT2D eigenvalue weighted by Gasteiger charge is -2.43. The molecule has 5 heterocycles. The Hall–Kier alpha value is -3.38. The molecule has 2 aromatic heterocycles. The first-order valence-corrected chi connectivity index (χ1v) is 19.6. The number of rotatable bonds is 10. The van der Waals surface area contributed by atoms with Gasteiger partial charge in [0, 0.05) is 26.1 Å². The molecule has 0 unspecified atom stereocenters. The second-order valence-corrected chi connectivity index (χ2v) is 19.2. The van der Waals surface area contributed by atoms with E-state index >= 15 is 4.39 Å². The molecular weight excluding hydrogens is 664 g/mol. The van der Waals surface area contributed by atoms with Gasteiger partial charge in [-0.25, -0.2) is 8.78 Å². The van der Waals surface area contributed by atoms with Gasteiger partial charge in [0.1, 0.15) is 36.1 Å². The van der Waals surface area contributed by atoms with Crippen LogP contribution in [0.25, 0.3) is 10.9 Å². The Bertz CT molecular complexity index is 1760. The van der Waals surface area contributed by atoms with Crippen LogP contribution >= 0.6 is 11.6 Å². The van der Waals surface area contributed by atoms with E-state index in [1.165, 1.54) is 10.4 Å². The minimum Gasteiger partial charge on any atom is -0.475 e. The molecule has 8 nitrogen and oxygen atoms in total. The first-order valence-electron chi connectivity index (χ1n) is 17.3. The normalized spacial score (nSPS) is 22.6. The zero-order chi connectivity index (χ0) is 34.4. The highest BCUT2D eigenvalue weighted by atomic mass is 35.5. The fraction of sp³-hybridized carbons (Fsp3) is 0.486. The molecule has 3 aliphatic heterocycles. The summed E-state index contributed by atoms with van der Waals surface area (Å²) in [5, 5.41) is 2.28. The average molecular weight is 708 g/mol. The molecule has 0 bridgehead atoms. The number of halogens is 3. The number of alkyl halides is 1. The van der Waals surface area contributed by atoms with Gasteiger partial charge in [0.25, 0.3) is 8.32 Å². The van der Waals surface area contributed by atoms with Crippen LogP contribution in [-0.2, 0) is 4.43 Å². The highest BCUT2D eigenvalue weighted by molar-refractivity contribution is 6.99. The van der Waals surface area contributed by atoms with Crippen molar-refractivity contribution in [2.45, 2.75) is 76.2 Å². The molecule has 12 heteroatoms. The molecule has 49 heavy (non-hydrogen) atoms. The number of hydrogen-bond donors (Lipinski definition) is 0. The van der Waals surface area contributed by atoms with Crippen LogP contribution in [-0.4, -0.2) is 85.4 Å². The lowest BCUT2D eigenvalue weighted by Crippen LogP contribution is -2.66. The second kappa shape index (κ2) is 13.4. The van der Waals surface area contributed by atoms with Crippen LogP contribution in [0.5, 0.6) is 11.9 Å². The van der Waals surface area contributed by atoms with Crippen molar-refractivity contribution >= 4 is 47.0 Å². The monoisotopic (exact) mass is 707 g/mol. The summed E-state index contributed by atoms with van der Waals surface area (Å²) in [7, 11) is -2.77. The quantitative estimate of drug-likeness (QED) is 0.140. The lowest BCUT2D eigenvalue weighted by atomic mass is 9.95. The molecule has 2 aromatic carbocycles. The van der Waals surface area contributed by atoms with E-state index in [0.29, 0.717) is 43.7 Å². The van der Waals surface area contributed by atoms with Crippen molar-refractivity contribution in [3.05, 3.63) is 71.6 Å². The Balaban J connectivity index is 1.21. The molecule has 0 N–H and O–H groups in total. The van der Waals surface area contributed by atoms with Gasteiger partial charge in [-0.15, -0.1) is 0 Å². The fourth-order valence-corrected chi connectivity index (χ4v) is 13.0. The van der Waals surface area contributed by atoms with E-state index in [0.717, 1.165) is 19.4 Å². The number of hydrogen-bond acceptors (Lipinski definition) is 8. The lowest BCUT2D eigenvalue weighted by molar-refractivity contribution is 0.107. The van der Waals surface area contributed by atoms with Crippen LogP contribution in [0.1, 0.15) is 53.4 Å². The average Bonchev–Trinajstić information content (AvgIpc) is 3.57. The summed E-state index contributed by atoms with van der Waals surface area (Å²) in [6.45, 7) is 11.6. The van der Waals surface area contributed by atoms with E-state index in [1.54, 1.807) is 0 Å². The maximum atomic E-state index is 15.6. The molecule has 0 radical (unpaired) electrons. The molecule has 4 aromatic rings. The smallest absolute Gasteiger partial charge is 0.319 e. The third-order valence-corrected chi connectivity index (χ3v) is 15.8. The number of likely N-dealkylation sites (N-methyl/N-ethyl adjacent to an activating group) is 1. The highest BCUT2D eigenvalue weighted by Crippen LogP contribution is 2.43. The highest BCUT2D eigenvalue weighted by Gasteiger charge is 2.51. The van der Waals surface area contributed by atoms with Crippen LogP contribution < -0.4 is 24.7 Å². The number of fused-ring (bicyclic) bond motifs is 1. The van der Waals surface area contributed by atoms with Gasteiger partial charge in [0.05, 0.1) is 11.6 Å². The van der Waals surface area contributed by atoms with E-state index in [-0.39, 0.29) is 46.9 Å². The largest absolute Gasteiger partial charge is 0.475 e. The van der Waals surface area contributed by atoms with Gasteiger partial charge in [-0.05, 0) is 48.1 Å². The molecule has 260 valence electrons. The number of benzene rings is 2. The molecule has 0 saturated carbocycles. The van der Waals surface area contributed by atoms with E-state index in [9.17, 15) is 4.39 Å². The van der Waals surface area contributed by atoms with Crippen LogP contribution in [0, 0.1) is 5.82 Å². The minimum atomic E-state index is -2.77. The fourth-order valence-electron chi connectivity index (χ4n) is 8.30. The summed E-state index contributed by atoms with van der Waals surface area (Å²) in [6, 6.07) is 21.0. The van der Waals surface area contributed by atoms with E-state index in [2.05, 4.69) is 89.1 Å². The van der Waals surface area contributed by atoms with Crippen molar-refractivity contribution in [2.75, 3.05) is 44.4 Å². The van der Waals surface area contributed by atoms with Gasteiger partial charge in [0.2, 0.25) is 5.88 Å².